The summed E-state index contributed by atoms with van der Waals surface area (Å²) in [7, 11) is 0. The maximum Gasteiger partial charge on any atom is 0.325 e. The minimum Gasteiger partial charge on any atom is -0.347 e. The highest BCUT2D eigenvalue weighted by Gasteiger charge is 2.15. The lowest BCUT2D eigenvalue weighted by Crippen LogP contribution is -2.34. The fraction of sp³-hybridized carbons (Fsp3) is 0.200. The number of hydrogen-bond donors (Lipinski definition) is 4. The second-order valence-corrected chi connectivity index (χ2v) is 3.66. The third-order valence-corrected chi connectivity index (χ3v) is 2.34. The Balaban J connectivity index is 2.17. The lowest BCUT2D eigenvalue weighted by atomic mass is 10.2. The van der Waals surface area contributed by atoms with Crippen molar-refractivity contribution in [2.75, 3.05) is 0 Å². The zero-order valence-corrected chi connectivity index (χ0v) is 9.48. The van der Waals surface area contributed by atoms with Gasteiger partial charge in [0.1, 0.15) is 11.4 Å². The molecule has 0 aliphatic rings. The topological polar surface area (TPSA) is 124 Å². The molecular weight excluding hydrogens is 238 g/mol. The molecule has 0 saturated carbocycles. The van der Waals surface area contributed by atoms with Crippen LogP contribution >= 0.6 is 0 Å². The van der Waals surface area contributed by atoms with Crippen molar-refractivity contribution < 1.29 is 4.79 Å². The number of amides is 1. The first-order valence-electron chi connectivity index (χ1n) is 5.20. The zero-order chi connectivity index (χ0) is 13.1. The monoisotopic (exact) mass is 249 g/mol. The average Bonchev–Trinajstić information content (AvgIpc) is 2.81. The summed E-state index contributed by atoms with van der Waals surface area (Å²) < 4.78 is 0. The predicted octanol–water partition coefficient (Wildman–Crippen LogP) is -0.723. The minimum absolute atomic E-state index is 0.159. The molecule has 0 spiro atoms. The maximum atomic E-state index is 11.8. The van der Waals surface area contributed by atoms with Gasteiger partial charge in [-0.3, -0.25) is 14.6 Å². The summed E-state index contributed by atoms with van der Waals surface area (Å²) in [5, 5.41) is 2.58. The van der Waals surface area contributed by atoms with Crippen molar-refractivity contribution in [1.29, 1.82) is 0 Å². The van der Waals surface area contributed by atoms with E-state index in [9.17, 15) is 14.4 Å². The smallest absolute Gasteiger partial charge is 0.325 e. The molecular formula is C10H11N5O3. The standard InChI is InChI=1S/C10H11N5O3/c1-5(7-11-2-3-12-7)14-8(16)6-4-13-10(18)15-9(6)17/h2-5H,1H3,(H,11,12)(H,14,16)(H2,13,15,17,18). The van der Waals surface area contributed by atoms with Crippen LogP contribution < -0.4 is 16.6 Å². The van der Waals surface area contributed by atoms with Crippen molar-refractivity contribution >= 4 is 5.91 Å². The number of aromatic nitrogens is 4. The van der Waals surface area contributed by atoms with E-state index in [1.54, 1.807) is 19.3 Å². The Morgan fingerprint density at radius 1 is 1.39 bits per heavy atom. The zero-order valence-electron chi connectivity index (χ0n) is 9.48. The van der Waals surface area contributed by atoms with Crippen LogP contribution in [0, 0.1) is 0 Å². The Labute approximate surface area is 100 Å². The van der Waals surface area contributed by atoms with Gasteiger partial charge in [0.25, 0.3) is 11.5 Å². The number of H-pyrrole nitrogens is 3. The number of imidazole rings is 1. The molecule has 0 fully saturated rings. The van der Waals surface area contributed by atoms with Crippen molar-refractivity contribution in [2.45, 2.75) is 13.0 Å². The molecule has 94 valence electrons. The van der Waals surface area contributed by atoms with Crippen molar-refractivity contribution in [1.82, 2.24) is 25.3 Å². The Morgan fingerprint density at radius 2 is 2.17 bits per heavy atom. The molecule has 1 unspecified atom stereocenters. The number of nitrogens with one attached hydrogen (secondary N) is 4. The number of aromatic amines is 3. The summed E-state index contributed by atoms with van der Waals surface area (Å²) in [4.78, 5) is 45.0. The molecule has 0 radical (unpaired) electrons. The maximum absolute atomic E-state index is 11.8. The van der Waals surface area contributed by atoms with E-state index in [-0.39, 0.29) is 11.6 Å². The van der Waals surface area contributed by atoms with Crippen LogP contribution in [0.25, 0.3) is 0 Å². The fourth-order valence-corrected chi connectivity index (χ4v) is 1.44. The van der Waals surface area contributed by atoms with Gasteiger partial charge in [-0.2, -0.15) is 0 Å². The molecule has 1 amide bonds. The van der Waals surface area contributed by atoms with Gasteiger partial charge in [0, 0.05) is 18.6 Å². The van der Waals surface area contributed by atoms with Gasteiger partial charge < -0.3 is 15.3 Å². The number of nitrogens with zero attached hydrogens (tertiary/aromatic N) is 1. The molecule has 2 heterocycles. The van der Waals surface area contributed by atoms with Gasteiger partial charge in [0.05, 0.1) is 6.04 Å². The van der Waals surface area contributed by atoms with Crippen molar-refractivity contribution in [3.8, 4) is 0 Å². The third-order valence-electron chi connectivity index (χ3n) is 2.34. The van der Waals surface area contributed by atoms with Crippen molar-refractivity contribution in [2.24, 2.45) is 0 Å². The first-order valence-corrected chi connectivity index (χ1v) is 5.20. The van der Waals surface area contributed by atoms with E-state index in [4.69, 9.17) is 0 Å². The molecule has 0 aliphatic heterocycles. The minimum atomic E-state index is -0.733. The molecule has 8 heteroatoms. The Bertz CT molecular complexity index is 655. The van der Waals surface area contributed by atoms with E-state index in [1.165, 1.54) is 0 Å². The van der Waals surface area contributed by atoms with E-state index in [0.717, 1.165) is 6.20 Å². The van der Waals surface area contributed by atoms with Crippen LogP contribution in [0.3, 0.4) is 0 Å². The summed E-state index contributed by atoms with van der Waals surface area (Å²) in [5.41, 5.74) is -1.55. The van der Waals surface area contributed by atoms with Crippen LogP contribution in [0.1, 0.15) is 29.1 Å². The van der Waals surface area contributed by atoms with Gasteiger partial charge in [0.15, 0.2) is 0 Å². The van der Waals surface area contributed by atoms with Crippen LogP contribution in [-0.4, -0.2) is 25.8 Å². The molecule has 18 heavy (non-hydrogen) atoms. The van der Waals surface area contributed by atoms with Gasteiger partial charge >= 0.3 is 5.69 Å². The van der Waals surface area contributed by atoms with Gasteiger partial charge in [-0.25, -0.2) is 9.78 Å². The molecule has 2 rings (SSSR count). The first-order chi connectivity index (χ1) is 8.58. The van der Waals surface area contributed by atoms with Crippen LogP contribution in [0.4, 0.5) is 0 Å². The van der Waals surface area contributed by atoms with Crippen molar-refractivity contribution in [3.05, 3.63) is 50.8 Å². The van der Waals surface area contributed by atoms with Crippen LogP contribution in [0.5, 0.6) is 0 Å². The molecule has 8 nitrogen and oxygen atoms in total. The van der Waals surface area contributed by atoms with E-state index in [1.807, 2.05) is 4.98 Å². The summed E-state index contributed by atoms with van der Waals surface area (Å²) in [5.74, 6) is -0.0133. The quantitative estimate of drug-likeness (QED) is 0.573. The number of carbonyl (C=O) groups excluding carboxylic acids is 1. The largest absolute Gasteiger partial charge is 0.347 e. The highest BCUT2D eigenvalue weighted by Crippen LogP contribution is 2.05. The molecule has 2 aromatic heterocycles. The number of rotatable bonds is 3. The van der Waals surface area contributed by atoms with E-state index >= 15 is 0 Å². The van der Waals surface area contributed by atoms with Gasteiger partial charge in [-0.1, -0.05) is 0 Å². The van der Waals surface area contributed by atoms with Gasteiger partial charge in [-0.15, -0.1) is 0 Å². The van der Waals surface area contributed by atoms with Crippen LogP contribution in [0.15, 0.2) is 28.2 Å². The lowest BCUT2D eigenvalue weighted by Gasteiger charge is -2.10. The third kappa shape index (κ3) is 2.37. The Morgan fingerprint density at radius 3 is 2.78 bits per heavy atom. The highest BCUT2D eigenvalue weighted by atomic mass is 16.2. The lowest BCUT2D eigenvalue weighted by molar-refractivity contribution is 0.0936. The SMILES string of the molecule is CC(NC(=O)c1c[nH]c(=O)[nH]c1=O)c1ncc[nH]1. The molecule has 2 aromatic rings. The fourth-order valence-electron chi connectivity index (χ4n) is 1.44. The predicted molar refractivity (Wildman–Crippen MR) is 62.2 cm³/mol. The second-order valence-electron chi connectivity index (χ2n) is 3.66. The van der Waals surface area contributed by atoms with Gasteiger partial charge in [-0.05, 0) is 6.92 Å². The number of carbonyl (C=O) groups is 1. The molecule has 0 aromatic carbocycles. The van der Waals surface area contributed by atoms with E-state index in [2.05, 4.69) is 20.3 Å². The molecule has 1 atom stereocenters. The normalized spacial score (nSPS) is 12.1. The summed E-state index contributed by atoms with van der Waals surface area (Å²) in [6.45, 7) is 1.72. The second kappa shape index (κ2) is 4.70. The summed E-state index contributed by atoms with van der Waals surface area (Å²) in [6.07, 6.45) is 4.26. The Hall–Kier alpha value is -2.64. The summed E-state index contributed by atoms with van der Waals surface area (Å²) >= 11 is 0. The molecule has 0 aliphatic carbocycles. The van der Waals surface area contributed by atoms with Crippen LogP contribution in [0.2, 0.25) is 0 Å². The average molecular weight is 249 g/mol. The molecule has 4 N–H and O–H groups in total. The number of hydrogen-bond acceptors (Lipinski definition) is 4. The Kier molecular flexibility index (Phi) is 3.09. The molecule has 0 saturated heterocycles. The summed E-state index contributed by atoms with van der Waals surface area (Å²) in [6, 6.07) is -0.376. The van der Waals surface area contributed by atoms with E-state index in [0.29, 0.717) is 5.82 Å². The molecule has 0 bridgehead atoms. The first kappa shape index (κ1) is 11.8. The highest BCUT2D eigenvalue weighted by molar-refractivity contribution is 5.93. The van der Waals surface area contributed by atoms with Gasteiger partial charge in [0.2, 0.25) is 0 Å². The van der Waals surface area contributed by atoms with E-state index < -0.39 is 17.2 Å². The van der Waals surface area contributed by atoms with Crippen molar-refractivity contribution in [3.63, 3.8) is 0 Å². The van der Waals surface area contributed by atoms with Crippen LogP contribution in [-0.2, 0) is 0 Å².